The highest BCUT2D eigenvalue weighted by atomic mass is 79.9. The lowest BCUT2D eigenvalue weighted by Crippen LogP contribution is -2.41. The predicted octanol–water partition coefficient (Wildman–Crippen LogP) is 1.82. The molecule has 1 aromatic carbocycles. The van der Waals surface area contributed by atoms with Crippen LogP contribution < -0.4 is 11.1 Å². The summed E-state index contributed by atoms with van der Waals surface area (Å²) in [7, 11) is 0. The smallest absolute Gasteiger partial charge is 0.303 e. The maximum Gasteiger partial charge on any atom is 0.303 e. The van der Waals surface area contributed by atoms with Gasteiger partial charge in [-0.3, -0.25) is 9.59 Å². The number of amides is 1. The monoisotopic (exact) mass is 328 g/mol. The zero-order chi connectivity index (χ0) is 14.4. The van der Waals surface area contributed by atoms with E-state index in [1.54, 1.807) is 0 Å². The minimum atomic E-state index is -0.954. The molecule has 0 saturated heterocycles. The van der Waals surface area contributed by atoms with Gasteiger partial charge in [-0.25, -0.2) is 0 Å². The van der Waals surface area contributed by atoms with Crippen molar-refractivity contribution in [1.29, 1.82) is 0 Å². The molecule has 1 unspecified atom stereocenters. The van der Waals surface area contributed by atoms with Crippen molar-refractivity contribution in [3.63, 3.8) is 0 Å². The van der Waals surface area contributed by atoms with E-state index in [-0.39, 0.29) is 24.8 Å². The Morgan fingerprint density at radius 2 is 1.95 bits per heavy atom. The van der Waals surface area contributed by atoms with E-state index >= 15 is 0 Å². The van der Waals surface area contributed by atoms with Crippen molar-refractivity contribution >= 4 is 27.8 Å². The number of carboxylic acids is 1. The molecular formula is C13H17BrN2O3. The van der Waals surface area contributed by atoms with Gasteiger partial charge in [-0.2, -0.15) is 0 Å². The van der Waals surface area contributed by atoms with Crippen LogP contribution in [0.3, 0.4) is 0 Å². The second-order valence-corrected chi connectivity index (χ2v) is 5.24. The Bertz CT molecular complexity index is 448. The minimum Gasteiger partial charge on any atom is -0.481 e. The maximum atomic E-state index is 11.8. The Kier molecular flexibility index (Phi) is 5.98. The third-order valence-electron chi connectivity index (χ3n) is 2.73. The molecule has 0 spiro atoms. The van der Waals surface area contributed by atoms with Gasteiger partial charge in [-0.05, 0) is 31.0 Å². The van der Waals surface area contributed by atoms with Gasteiger partial charge in [0, 0.05) is 10.9 Å². The van der Waals surface area contributed by atoms with Gasteiger partial charge in [0.1, 0.15) is 0 Å². The number of nitrogens with one attached hydrogen (secondary N) is 1. The van der Waals surface area contributed by atoms with Crippen molar-refractivity contribution in [2.24, 2.45) is 5.73 Å². The molecule has 1 aromatic rings. The van der Waals surface area contributed by atoms with E-state index in [2.05, 4.69) is 21.2 Å². The number of hydrogen-bond acceptors (Lipinski definition) is 3. The van der Waals surface area contributed by atoms with Crippen molar-refractivity contribution in [2.45, 2.75) is 31.8 Å². The fraction of sp³-hybridized carbons (Fsp3) is 0.385. The molecule has 0 aromatic heterocycles. The largest absolute Gasteiger partial charge is 0.481 e. The fourth-order valence-corrected chi connectivity index (χ4v) is 1.83. The quantitative estimate of drug-likeness (QED) is 0.742. The molecule has 4 N–H and O–H groups in total. The van der Waals surface area contributed by atoms with Crippen molar-refractivity contribution < 1.29 is 14.7 Å². The minimum absolute atomic E-state index is 0.110. The van der Waals surface area contributed by atoms with Crippen LogP contribution in [0.2, 0.25) is 0 Å². The molecule has 2 atom stereocenters. The van der Waals surface area contributed by atoms with Gasteiger partial charge in [-0.1, -0.05) is 28.1 Å². The molecule has 0 radical (unpaired) electrons. The van der Waals surface area contributed by atoms with E-state index in [4.69, 9.17) is 10.8 Å². The first-order valence-corrected chi connectivity index (χ1v) is 6.72. The molecule has 104 valence electrons. The molecule has 1 amide bonds. The number of carboxylic acid groups (broad SMARTS) is 1. The third kappa shape index (κ3) is 5.40. The molecular weight excluding hydrogens is 312 g/mol. The van der Waals surface area contributed by atoms with Gasteiger partial charge < -0.3 is 16.2 Å². The van der Waals surface area contributed by atoms with Crippen LogP contribution in [0.5, 0.6) is 0 Å². The van der Waals surface area contributed by atoms with Gasteiger partial charge in [0.2, 0.25) is 5.91 Å². The Morgan fingerprint density at radius 3 is 2.47 bits per heavy atom. The second kappa shape index (κ2) is 7.25. The molecule has 6 heteroatoms. The Labute approximate surface area is 120 Å². The van der Waals surface area contributed by atoms with Crippen LogP contribution in [0.15, 0.2) is 28.7 Å². The van der Waals surface area contributed by atoms with Crippen molar-refractivity contribution in [3.05, 3.63) is 34.3 Å². The molecule has 0 aliphatic rings. The Morgan fingerprint density at radius 1 is 1.37 bits per heavy atom. The Balaban J connectivity index is 2.51. The van der Waals surface area contributed by atoms with Crippen molar-refractivity contribution in [2.75, 3.05) is 0 Å². The van der Waals surface area contributed by atoms with Crippen LogP contribution in [0.25, 0.3) is 0 Å². The number of rotatable bonds is 6. The zero-order valence-corrected chi connectivity index (χ0v) is 12.2. The lowest BCUT2D eigenvalue weighted by molar-refractivity contribution is -0.137. The number of carbonyl (C=O) groups is 2. The Hall–Kier alpha value is -1.40. The van der Waals surface area contributed by atoms with Gasteiger partial charge in [0.05, 0.1) is 12.1 Å². The maximum absolute atomic E-state index is 11.8. The molecule has 0 fully saturated rings. The van der Waals surface area contributed by atoms with E-state index in [0.717, 1.165) is 10.0 Å². The van der Waals surface area contributed by atoms with Crippen LogP contribution in [-0.2, 0) is 9.59 Å². The summed E-state index contributed by atoms with van der Waals surface area (Å²) in [6.45, 7) is 1.85. The van der Waals surface area contributed by atoms with E-state index in [0.29, 0.717) is 0 Å². The standard InChI is InChI=1S/C13H17BrN2O3/c1-8(9-2-4-10(14)5-3-9)16-13(19)11(15)6-7-12(17)18/h2-5,8,11H,6-7,15H2,1H3,(H,16,19)(H,17,18)/t8-,11?/m1/s1. The topological polar surface area (TPSA) is 92.4 Å². The van der Waals surface area contributed by atoms with Crippen LogP contribution >= 0.6 is 15.9 Å². The molecule has 0 bridgehead atoms. The van der Waals surface area contributed by atoms with E-state index in [1.165, 1.54) is 0 Å². The number of aliphatic carboxylic acids is 1. The number of benzene rings is 1. The van der Waals surface area contributed by atoms with E-state index in [9.17, 15) is 9.59 Å². The van der Waals surface area contributed by atoms with E-state index < -0.39 is 12.0 Å². The molecule has 5 nitrogen and oxygen atoms in total. The first-order chi connectivity index (χ1) is 8.90. The lowest BCUT2D eigenvalue weighted by atomic mass is 10.1. The number of hydrogen-bond donors (Lipinski definition) is 3. The number of nitrogens with two attached hydrogens (primary N) is 1. The summed E-state index contributed by atoms with van der Waals surface area (Å²) < 4.78 is 0.966. The van der Waals surface area contributed by atoms with Crippen molar-refractivity contribution in [3.8, 4) is 0 Å². The van der Waals surface area contributed by atoms with Gasteiger partial charge in [-0.15, -0.1) is 0 Å². The summed E-state index contributed by atoms with van der Waals surface area (Å²) in [5, 5.41) is 11.3. The first kappa shape index (κ1) is 15.7. The number of carbonyl (C=O) groups excluding carboxylic acids is 1. The van der Waals surface area contributed by atoms with Crippen molar-refractivity contribution in [1.82, 2.24) is 5.32 Å². The van der Waals surface area contributed by atoms with Gasteiger partial charge in [0.15, 0.2) is 0 Å². The summed E-state index contributed by atoms with van der Waals surface area (Å²) in [5.41, 5.74) is 6.59. The summed E-state index contributed by atoms with van der Waals surface area (Å²) in [6, 6.07) is 6.62. The normalized spacial score (nSPS) is 13.6. The number of halogens is 1. The molecule has 1 rings (SSSR count). The molecule has 19 heavy (non-hydrogen) atoms. The summed E-state index contributed by atoms with van der Waals surface area (Å²) in [5.74, 6) is -1.29. The lowest BCUT2D eigenvalue weighted by Gasteiger charge is -2.17. The highest BCUT2D eigenvalue weighted by Crippen LogP contribution is 2.16. The highest BCUT2D eigenvalue weighted by molar-refractivity contribution is 9.10. The first-order valence-electron chi connectivity index (χ1n) is 5.93. The molecule has 0 aliphatic heterocycles. The SMILES string of the molecule is C[C@@H](NC(=O)C(N)CCC(=O)O)c1ccc(Br)cc1. The van der Waals surface area contributed by atoms with Crippen LogP contribution in [0.1, 0.15) is 31.4 Å². The zero-order valence-electron chi connectivity index (χ0n) is 10.6. The molecule has 0 aliphatic carbocycles. The van der Waals surface area contributed by atoms with Crippen LogP contribution in [0, 0.1) is 0 Å². The third-order valence-corrected chi connectivity index (χ3v) is 3.26. The average molecular weight is 329 g/mol. The summed E-state index contributed by atoms with van der Waals surface area (Å²) in [4.78, 5) is 22.2. The average Bonchev–Trinajstić information content (AvgIpc) is 2.36. The summed E-state index contributed by atoms with van der Waals surface area (Å²) >= 11 is 3.34. The molecule has 0 heterocycles. The van der Waals surface area contributed by atoms with Crippen LogP contribution in [-0.4, -0.2) is 23.0 Å². The fourth-order valence-electron chi connectivity index (χ4n) is 1.57. The predicted molar refractivity (Wildman–Crippen MR) is 75.5 cm³/mol. The molecule has 0 saturated carbocycles. The second-order valence-electron chi connectivity index (χ2n) is 4.32. The highest BCUT2D eigenvalue weighted by Gasteiger charge is 2.17. The summed E-state index contributed by atoms with van der Waals surface area (Å²) in [6.07, 6.45) is 0.0233. The van der Waals surface area contributed by atoms with Gasteiger partial charge >= 0.3 is 5.97 Å². The van der Waals surface area contributed by atoms with Gasteiger partial charge in [0.25, 0.3) is 0 Å². The van der Waals surface area contributed by atoms with Crippen LogP contribution in [0.4, 0.5) is 0 Å². The van der Waals surface area contributed by atoms with E-state index in [1.807, 2.05) is 31.2 Å².